The number of hydrogen-bond acceptors (Lipinski definition) is 4. The maximum absolute atomic E-state index is 11.4. The van der Waals surface area contributed by atoms with Gasteiger partial charge in [-0.25, -0.2) is 13.1 Å². The SMILES string of the molecule is CCS(=O)(=O)NCc1ccc(CN2CCOCC2)cc1. The summed E-state index contributed by atoms with van der Waals surface area (Å²) in [4.78, 5) is 2.36. The number of hydrogen-bond donors (Lipinski definition) is 1. The minimum atomic E-state index is -3.12. The van der Waals surface area contributed by atoms with Gasteiger partial charge >= 0.3 is 0 Å². The van der Waals surface area contributed by atoms with Crippen LogP contribution in [0.3, 0.4) is 0 Å². The maximum atomic E-state index is 11.4. The lowest BCUT2D eigenvalue weighted by Gasteiger charge is -2.26. The Hall–Kier alpha value is -0.950. The second-order valence-electron chi connectivity index (χ2n) is 4.93. The first-order valence-electron chi connectivity index (χ1n) is 6.94. The van der Waals surface area contributed by atoms with Crippen molar-refractivity contribution in [2.45, 2.75) is 20.0 Å². The molecule has 0 aromatic heterocycles. The summed E-state index contributed by atoms with van der Waals surface area (Å²) >= 11 is 0. The quantitative estimate of drug-likeness (QED) is 0.850. The molecule has 1 aliphatic heterocycles. The van der Waals surface area contributed by atoms with E-state index in [2.05, 4.69) is 21.8 Å². The van der Waals surface area contributed by atoms with Crippen LogP contribution in [0.15, 0.2) is 24.3 Å². The van der Waals surface area contributed by atoms with Gasteiger partial charge in [0.15, 0.2) is 0 Å². The van der Waals surface area contributed by atoms with E-state index in [9.17, 15) is 8.42 Å². The molecule has 0 amide bonds. The van der Waals surface area contributed by atoms with Gasteiger partial charge in [-0.15, -0.1) is 0 Å². The van der Waals surface area contributed by atoms with Crippen LogP contribution >= 0.6 is 0 Å². The third-order valence-electron chi connectivity index (χ3n) is 3.41. The van der Waals surface area contributed by atoms with E-state index in [4.69, 9.17) is 4.74 Å². The summed E-state index contributed by atoms with van der Waals surface area (Å²) in [6, 6.07) is 8.08. The molecule has 1 N–H and O–H groups in total. The monoisotopic (exact) mass is 298 g/mol. The molecular weight excluding hydrogens is 276 g/mol. The van der Waals surface area contributed by atoms with Crippen molar-refractivity contribution in [1.82, 2.24) is 9.62 Å². The average Bonchev–Trinajstić information content (AvgIpc) is 2.48. The molecule has 112 valence electrons. The third-order valence-corrected chi connectivity index (χ3v) is 4.75. The lowest BCUT2D eigenvalue weighted by atomic mass is 10.1. The van der Waals surface area contributed by atoms with E-state index in [-0.39, 0.29) is 5.75 Å². The summed E-state index contributed by atoms with van der Waals surface area (Å²) in [5, 5.41) is 0. The Morgan fingerprint density at radius 1 is 1.15 bits per heavy atom. The molecule has 0 unspecified atom stereocenters. The molecule has 6 heteroatoms. The first-order chi connectivity index (χ1) is 9.59. The highest BCUT2D eigenvalue weighted by molar-refractivity contribution is 7.89. The van der Waals surface area contributed by atoms with Gasteiger partial charge in [-0.1, -0.05) is 24.3 Å². The molecule has 1 fully saturated rings. The number of benzene rings is 1. The molecule has 0 bridgehead atoms. The number of morpholine rings is 1. The second kappa shape index (κ2) is 7.17. The highest BCUT2D eigenvalue weighted by Crippen LogP contribution is 2.09. The standard InChI is InChI=1S/C14H22N2O3S/c1-2-20(17,18)15-11-13-3-5-14(6-4-13)12-16-7-9-19-10-8-16/h3-6,15H,2,7-12H2,1H3. The largest absolute Gasteiger partial charge is 0.379 e. The predicted molar refractivity (Wildman–Crippen MR) is 78.8 cm³/mol. The summed E-state index contributed by atoms with van der Waals surface area (Å²) in [5.41, 5.74) is 2.22. The van der Waals surface area contributed by atoms with E-state index in [1.165, 1.54) is 5.56 Å². The Morgan fingerprint density at radius 3 is 2.35 bits per heavy atom. The van der Waals surface area contributed by atoms with E-state index in [1.807, 2.05) is 12.1 Å². The number of sulfonamides is 1. The van der Waals surface area contributed by atoms with E-state index >= 15 is 0 Å². The molecule has 0 saturated carbocycles. The average molecular weight is 298 g/mol. The van der Waals surface area contributed by atoms with Gasteiger partial charge in [0.05, 0.1) is 19.0 Å². The molecule has 0 spiro atoms. The van der Waals surface area contributed by atoms with Crippen LogP contribution in [0.5, 0.6) is 0 Å². The smallest absolute Gasteiger partial charge is 0.211 e. The van der Waals surface area contributed by atoms with Crippen LogP contribution in [0.2, 0.25) is 0 Å². The molecule has 1 aromatic rings. The van der Waals surface area contributed by atoms with Gasteiger partial charge in [-0.2, -0.15) is 0 Å². The van der Waals surface area contributed by atoms with Crippen molar-refractivity contribution in [3.63, 3.8) is 0 Å². The fraction of sp³-hybridized carbons (Fsp3) is 0.571. The molecule has 0 radical (unpaired) electrons. The molecule has 20 heavy (non-hydrogen) atoms. The summed E-state index contributed by atoms with van der Waals surface area (Å²) in [7, 11) is -3.12. The molecule has 1 aliphatic rings. The summed E-state index contributed by atoms with van der Waals surface area (Å²) in [5.74, 6) is 0.113. The van der Waals surface area contributed by atoms with Crippen molar-refractivity contribution in [2.24, 2.45) is 0 Å². The van der Waals surface area contributed by atoms with Crippen LogP contribution in [0, 0.1) is 0 Å². The van der Waals surface area contributed by atoms with Gasteiger partial charge < -0.3 is 4.74 Å². The highest BCUT2D eigenvalue weighted by atomic mass is 32.2. The van der Waals surface area contributed by atoms with E-state index < -0.39 is 10.0 Å². The Kier molecular flexibility index (Phi) is 5.54. The van der Waals surface area contributed by atoms with E-state index in [0.717, 1.165) is 38.4 Å². The van der Waals surface area contributed by atoms with Gasteiger partial charge in [-0.3, -0.25) is 4.90 Å². The topological polar surface area (TPSA) is 58.6 Å². The van der Waals surface area contributed by atoms with Gasteiger partial charge in [0, 0.05) is 26.2 Å². The number of rotatable bonds is 6. The van der Waals surface area contributed by atoms with Crippen molar-refractivity contribution in [1.29, 1.82) is 0 Å². The fourth-order valence-electron chi connectivity index (χ4n) is 2.08. The highest BCUT2D eigenvalue weighted by Gasteiger charge is 2.10. The lowest BCUT2D eigenvalue weighted by molar-refractivity contribution is 0.0342. The molecule has 1 saturated heterocycles. The van der Waals surface area contributed by atoms with E-state index in [0.29, 0.717) is 6.54 Å². The Bertz CT molecular complexity index is 508. The third kappa shape index (κ3) is 4.86. The summed E-state index contributed by atoms with van der Waals surface area (Å²) < 4.78 is 30.6. The van der Waals surface area contributed by atoms with Crippen LogP contribution in [-0.2, 0) is 27.8 Å². The zero-order chi connectivity index (χ0) is 14.4. The van der Waals surface area contributed by atoms with Gasteiger partial charge in [0.25, 0.3) is 0 Å². The van der Waals surface area contributed by atoms with Gasteiger partial charge in [0.2, 0.25) is 10.0 Å². The molecule has 1 aromatic carbocycles. The molecule has 0 aliphatic carbocycles. The fourth-order valence-corrected chi connectivity index (χ4v) is 2.67. The molecule has 2 rings (SSSR count). The Balaban J connectivity index is 1.86. The zero-order valence-corrected chi connectivity index (χ0v) is 12.7. The minimum Gasteiger partial charge on any atom is -0.379 e. The van der Waals surface area contributed by atoms with Gasteiger partial charge in [-0.05, 0) is 18.1 Å². The Labute approximate surface area is 121 Å². The van der Waals surface area contributed by atoms with Crippen LogP contribution in [-0.4, -0.2) is 45.4 Å². The molecule has 1 heterocycles. The number of nitrogens with one attached hydrogen (secondary N) is 1. The first-order valence-corrected chi connectivity index (χ1v) is 8.59. The second-order valence-corrected chi connectivity index (χ2v) is 7.03. The van der Waals surface area contributed by atoms with Crippen molar-refractivity contribution < 1.29 is 13.2 Å². The minimum absolute atomic E-state index is 0.113. The first kappa shape index (κ1) is 15.4. The number of ether oxygens (including phenoxy) is 1. The van der Waals surface area contributed by atoms with Crippen molar-refractivity contribution in [2.75, 3.05) is 32.1 Å². The van der Waals surface area contributed by atoms with Crippen molar-refractivity contribution in [3.05, 3.63) is 35.4 Å². The molecular formula is C14H22N2O3S. The van der Waals surface area contributed by atoms with Crippen molar-refractivity contribution in [3.8, 4) is 0 Å². The Morgan fingerprint density at radius 2 is 1.75 bits per heavy atom. The summed E-state index contributed by atoms with van der Waals surface area (Å²) in [6.45, 7) is 6.45. The zero-order valence-electron chi connectivity index (χ0n) is 11.8. The summed E-state index contributed by atoms with van der Waals surface area (Å²) in [6.07, 6.45) is 0. The molecule has 0 atom stereocenters. The van der Waals surface area contributed by atoms with Crippen LogP contribution < -0.4 is 4.72 Å². The lowest BCUT2D eigenvalue weighted by Crippen LogP contribution is -2.35. The maximum Gasteiger partial charge on any atom is 0.211 e. The van der Waals surface area contributed by atoms with Crippen LogP contribution in [0.4, 0.5) is 0 Å². The van der Waals surface area contributed by atoms with E-state index in [1.54, 1.807) is 6.92 Å². The predicted octanol–water partition coefficient (Wildman–Crippen LogP) is 0.958. The van der Waals surface area contributed by atoms with Crippen LogP contribution in [0.25, 0.3) is 0 Å². The van der Waals surface area contributed by atoms with Crippen LogP contribution in [0.1, 0.15) is 18.1 Å². The van der Waals surface area contributed by atoms with Gasteiger partial charge in [0.1, 0.15) is 0 Å². The number of nitrogens with zero attached hydrogens (tertiary/aromatic N) is 1. The van der Waals surface area contributed by atoms with Crippen molar-refractivity contribution >= 4 is 10.0 Å². The molecule has 5 nitrogen and oxygen atoms in total. The normalized spacial score (nSPS) is 17.2.